The zero-order valence-corrected chi connectivity index (χ0v) is 12.2. The van der Waals surface area contributed by atoms with Gasteiger partial charge in [0, 0.05) is 39.4 Å². The van der Waals surface area contributed by atoms with Gasteiger partial charge in [0.1, 0.15) is 5.60 Å². The molecule has 2 aliphatic heterocycles. The Hall–Kier alpha value is -1.40. The number of carbonyl (C=O) groups is 1. The van der Waals surface area contributed by atoms with Gasteiger partial charge in [-0.05, 0) is 25.8 Å². The monoisotopic (exact) mass is 278 g/mol. The van der Waals surface area contributed by atoms with Gasteiger partial charge in [0.2, 0.25) is 5.91 Å². The molecule has 110 valence electrons. The molecule has 0 unspecified atom stereocenters. The van der Waals surface area contributed by atoms with Crippen molar-refractivity contribution in [2.45, 2.75) is 38.3 Å². The Balaban J connectivity index is 1.56. The highest BCUT2D eigenvalue weighted by molar-refractivity contribution is 5.78. The largest absolute Gasteiger partial charge is 0.297 e. The van der Waals surface area contributed by atoms with Crippen molar-refractivity contribution in [3.63, 3.8) is 0 Å². The lowest BCUT2D eigenvalue weighted by atomic mass is 9.88. The predicted molar refractivity (Wildman–Crippen MR) is 73.5 cm³/mol. The number of aromatic nitrogens is 2. The van der Waals surface area contributed by atoms with Crippen LogP contribution in [-0.2, 0) is 23.2 Å². The van der Waals surface area contributed by atoms with E-state index in [1.807, 2.05) is 24.9 Å². The molecule has 1 aromatic rings. The van der Waals surface area contributed by atoms with Crippen molar-refractivity contribution < 1.29 is 9.63 Å². The minimum Gasteiger partial charge on any atom is -0.297 e. The third kappa shape index (κ3) is 2.58. The van der Waals surface area contributed by atoms with E-state index in [-0.39, 0.29) is 11.5 Å². The van der Waals surface area contributed by atoms with Crippen molar-refractivity contribution in [1.29, 1.82) is 0 Å². The van der Waals surface area contributed by atoms with Crippen LogP contribution in [0.5, 0.6) is 0 Å². The Morgan fingerprint density at radius 2 is 2.15 bits per heavy atom. The van der Waals surface area contributed by atoms with E-state index in [0.29, 0.717) is 13.0 Å². The van der Waals surface area contributed by atoms with Crippen LogP contribution in [0.1, 0.15) is 31.9 Å². The third-order valence-corrected chi connectivity index (χ3v) is 4.26. The summed E-state index contributed by atoms with van der Waals surface area (Å²) >= 11 is 0. The SMILES string of the molecule is CCN1OC2(CCN(Cc3ccn(C)n3)CC2)CC1=O. The Labute approximate surface area is 119 Å². The zero-order chi connectivity index (χ0) is 14.2. The molecule has 6 heteroatoms. The first-order chi connectivity index (χ1) is 9.60. The van der Waals surface area contributed by atoms with Crippen molar-refractivity contribution in [2.24, 2.45) is 7.05 Å². The van der Waals surface area contributed by atoms with Gasteiger partial charge in [0.05, 0.1) is 12.1 Å². The zero-order valence-electron chi connectivity index (χ0n) is 12.2. The Kier molecular flexibility index (Phi) is 3.52. The van der Waals surface area contributed by atoms with E-state index in [4.69, 9.17) is 4.84 Å². The number of nitrogens with zero attached hydrogens (tertiary/aromatic N) is 4. The normalized spacial score (nSPS) is 22.9. The van der Waals surface area contributed by atoms with E-state index < -0.39 is 0 Å². The van der Waals surface area contributed by atoms with Gasteiger partial charge in [-0.1, -0.05) is 0 Å². The molecule has 2 fully saturated rings. The number of hydrogen-bond donors (Lipinski definition) is 0. The quantitative estimate of drug-likeness (QED) is 0.825. The van der Waals surface area contributed by atoms with Crippen LogP contribution < -0.4 is 0 Å². The minimum absolute atomic E-state index is 0.130. The van der Waals surface area contributed by atoms with Crippen LogP contribution in [0, 0.1) is 0 Å². The second-order valence-electron chi connectivity index (χ2n) is 5.80. The molecule has 0 saturated carbocycles. The predicted octanol–water partition coefficient (Wildman–Crippen LogP) is 0.938. The Bertz CT molecular complexity index is 491. The van der Waals surface area contributed by atoms with Crippen LogP contribution in [0.25, 0.3) is 0 Å². The van der Waals surface area contributed by atoms with E-state index in [0.717, 1.165) is 38.2 Å². The van der Waals surface area contributed by atoms with Crippen LogP contribution in [-0.4, -0.2) is 50.9 Å². The molecular formula is C14H22N4O2. The molecule has 2 aliphatic rings. The highest BCUT2D eigenvalue weighted by Crippen LogP contribution is 2.36. The molecule has 0 aromatic carbocycles. The first-order valence-electron chi connectivity index (χ1n) is 7.31. The molecule has 0 N–H and O–H groups in total. The average Bonchev–Trinajstić information content (AvgIpc) is 2.97. The lowest BCUT2D eigenvalue weighted by Crippen LogP contribution is -2.44. The second kappa shape index (κ2) is 5.18. The molecule has 1 amide bonds. The van der Waals surface area contributed by atoms with Crippen LogP contribution in [0.4, 0.5) is 0 Å². The van der Waals surface area contributed by atoms with Gasteiger partial charge in [0.15, 0.2) is 0 Å². The van der Waals surface area contributed by atoms with E-state index in [1.54, 1.807) is 0 Å². The third-order valence-electron chi connectivity index (χ3n) is 4.26. The number of hydrogen-bond acceptors (Lipinski definition) is 4. The number of piperidine rings is 1. The first kappa shape index (κ1) is 13.6. The van der Waals surface area contributed by atoms with Gasteiger partial charge in [-0.3, -0.25) is 19.2 Å². The topological polar surface area (TPSA) is 50.6 Å². The first-order valence-corrected chi connectivity index (χ1v) is 7.31. The van der Waals surface area contributed by atoms with Crippen LogP contribution >= 0.6 is 0 Å². The van der Waals surface area contributed by atoms with Gasteiger partial charge >= 0.3 is 0 Å². The minimum atomic E-state index is -0.242. The fourth-order valence-electron chi connectivity index (χ4n) is 3.08. The number of amides is 1. The molecular weight excluding hydrogens is 256 g/mol. The van der Waals surface area contributed by atoms with Crippen molar-refractivity contribution in [2.75, 3.05) is 19.6 Å². The maximum atomic E-state index is 11.8. The fraction of sp³-hybridized carbons (Fsp3) is 0.714. The fourth-order valence-corrected chi connectivity index (χ4v) is 3.08. The van der Waals surface area contributed by atoms with Gasteiger partial charge in [-0.15, -0.1) is 0 Å². The van der Waals surface area contributed by atoms with Crippen molar-refractivity contribution in [1.82, 2.24) is 19.7 Å². The van der Waals surface area contributed by atoms with Crippen LogP contribution in [0.15, 0.2) is 12.3 Å². The van der Waals surface area contributed by atoms with E-state index >= 15 is 0 Å². The lowest BCUT2D eigenvalue weighted by Gasteiger charge is -2.37. The Morgan fingerprint density at radius 1 is 1.40 bits per heavy atom. The summed E-state index contributed by atoms with van der Waals surface area (Å²) in [4.78, 5) is 20.1. The van der Waals surface area contributed by atoms with E-state index in [2.05, 4.69) is 16.1 Å². The number of aryl methyl sites for hydroxylation is 1. The van der Waals surface area contributed by atoms with Crippen molar-refractivity contribution >= 4 is 5.91 Å². The summed E-state index contributed by atoms with van der Waals surface area (Å²) in [6.45, 7) is 5.39. The van der Waals surface area contributed by atoms with Gasteiger partial charge in [0.25, 0.3) is 0 Å². The lowest BCUT2D eigenvalue weighted by molar-refractivity contribution is -0.208. The molecule has 0 atom stereocenters. The summed E-state index contributed by atoms with van der Waals surface area (Å²) in [7, 11) is 1.94. The molecule has 20 heavy (non-hydrogen) atoms. The maximum Gasteiger partial charge on any atom is 0.249 e. The molecule has 0 aliphatic carbocycles. The summed E-state index contributed by atoms with van der Waals surface area (Å²) in [5.41, 5.74) is 0.857. The highest BCUT2D eigenvalue weighted by atomic mass is 16.7. The van der Waals surface area contributed by atoms with Gasteiger partial charge < -0.3 is 0 Å². The van der Waals surface area contributed by atoms with Crippen LogP contribution in [0.3, 0.4) is 0 Å². The number of likely N-dealkylation sites (tertiary alicyclic amines) is 1. The second-order valence-corrected chi connectivity index (χ2v) is 5.80. The molecule has 3 heterocycles. The van der Waals surface area contributed by atoms with E-state index in [9.17, 15) is 4.79 Å². The number of hydroxylamine groups is 2. The van der Waals surface area contributed by atoms with Crippen molar-refractivity contribution in [3.8, 4) is 0 Å². The average molecular weight is 278 g/mol. The standard InChI is InChI=1S/C14H22N4O2/c1-3-18-13(19)10-14(20-18)5-8-17(9-6-14)11-12-4-7-16(2)15-12/h4,7H,3,5-6,8-11H2,1-2H3. The summed E-state index contributed by atoms with van der Waals surface area (Å²) in [6.07, 6.45) is 4.35. The van der Waals surface area contributed by atoms with Gasteiger partial charge in [-0.2, -0.15) is 5.10 Å². The summed E-state index contributed by atoms with van der Waals surface area (Å²) < 4.78 is 1.83. The Morgan fingerprint density at radius 3 is 2.70 bits per heavy atom. The number of rotatable bonds is 3. The smallest absolute Gasteiger partial charge is 0.249 e. The molecule has 1 aromatic heterocycles. The highest BCUT2D eigenvalue weighted by Gasteiger charge is 2.46. The molecule has 2 saturated heterocycles. The molecule has 0 radical (unpaired) electrons. The summed E-state index contributed by atoms with van der Waals surface area (Å²) in [6, 6.07) is 2.05. The van der Waals surface area contributed by atoms with Crippen molar-refractivity contribution in [3.05, 3.63) is 18.0 Å². The molecule has 0 bridgehead atoms. The van der Waals surface area contributed by atoms with Crippen LogP contribution in [0.2, 0.25) is 0 Å². The summed E-state index contributed by atoms with van der Waals surface area (Å²) in [5.74, 6) is 0.130. The molecule has 1 spiro atoms. The van der Waals surface area contributed by atoms with E-state index in [1.165, 1.54) is 5.06 Å². The molecule has 3 rings (SSSR count). The summed E-state index contributed by atoms with van der Waals surface area (Å²) in [5, 5.41) is 5.93. The number of carbonyl (C=O) groups excluding carboxylic acids is 1. The maximum absolute atomic E-state index is 11.8. The molecule has 6 nitrogen and oxygen atoms in total. The van der Waals surface area contributed by atoms with Gasteiger partial charge in [-0.25, -0.2) is 5.06 Å².